The molecule has 0 N–H and O–H groups in total. The van der Waals surface area contributed by atoms with Crippen LogP contribution in [0.15, 0.2) is 41.6 Å². The molecule has 6 heteroatoms. The average Bonchev–Trinajstić information content (AvgIpc) is 2.78. The zero-order chi connectivity index (χ0) is 12.5. The Morgan fingerprint density at radius 3 is 2.71 bits per heavy atom. The van der Waals surface area contributed by atoms with Crippen LogP contribution in [0.25, 0.3) is 5.69 Å². The number of aromatic nitrogens is 2. The van der Waals surface area contributed by atoms with Gasteiger partial charge in [0.15, 0.2) is 9.84 Å². The topological polar surface area (TPSA) is 69.0 Å². The Kier molecular flexibility index (Phi) is 2.81. The maximum absolute atomic E-state index is 11.3. The van der Waals surface area contributed by atoms with Gasteiger partial charge in [0.25, 0.3) is 0 Å². The van der Waals surface area contributed by atoms with Crippen LogP contribution >= 0.6 is 0 Å². The Hall–Kier alpha value is -1.95. The largest absolute Gasteiger partial charge is 0.298 e. The van der Waals surface area contributed by atoms with Gasteiger partial charge in [0, 0.05) is 18.0 Å². The lowest BCUT2D eigenvalue weighted by molar-refractivity contribution is 0.112. The van der Waals surface area contributed by atoms with E-state index < -0.39 is 9.84 Å². The van der Waals surface area contributed by atoms with Crippen molar-refractivity contribution >= 4 is 16.1 Å². The van der Waals surface area contributed by atoms with Crippen LogP contribution in [0.1, 0.15) is 10.4 Å². The molecule has 2 rings (SSSR count). The molecule has 1 aromatic heterocycles. The van der Waals surface area contributed by atoms with Crippen LogP contribution in [-0.4, -0.2) is 30.7 Å². The van der Waals surface area contributed by atoms with E-state index in [9.17, 15) is 13.2 Å². The normalized spacial score (nSPS) is 11.4. The van der Waals surface area contributed by atoms with Gasteiger partial charge in [-0.05, 0) is 12.1 Å². The van der Waals surface area contributed by atoms with Gasteiger partial charge in [-0.3, -0.25) is 4.79 Å². The Bertz CT molecular complexity index is 659. The number of rotatable bonds is 3. The third kappa shape index (κ3) is 2.42. The first-order chi connectivity index (χ1) is 8.00. The van der Waals surface area contributed by atoms with E-state index in [-0.39, 0.29) is 4.90 Å². The number of hydrogen-bond acceptors (Lipinski definition) is 4. The number of carbonyl (C=O) groups is 1. The zero-order valence-corrected chi connectivity index (χ0v) is 9.89. The Morgan fingerprint density at radius 2 is 2.12 bits per heavy atom. The minimum atomic E-state index is -3.26. The minimum absolute atomic E-state index is 0.147. The highest BCUT2D eigenvalue weighted by Gasteiger charge is 2.10. The van der Waals surface area contributed by atoms with Crippen molar-refractivity contribution in [2.75, 3.05) is 6.26 Å². The fraction of sp³-hybridized carbons (Fsp3) is 0.0909. The number of benzene rings is 1. The summed E-state index contributed by atoms with van der Waals surface area (Å²) in [6.07, 6.45) is 4.54. The molecular weight excluding hydrogens is 240 g/mol. The predicted octanol–water partition coefficient (Wildman–Crippen LogP) is 1.09. The Morgan fingerprint density at radius 1 is 1.35 bits per heavy atom. The Labute approximate surface area is 98.6 Å². The van der Waals surface area contributed by atoms with E-state index in [4.69, 9.17) is 0 Å². The van der Waals surface area contributed by atoms with E-state index in [2.05, 4.69) is 5.10 Å². The number of hydrogen-bond donors (Lipinski definition) is 0. The van der Waals surface area contributed by atoms with Gasteiger partial charge in [-0.25, -0.2) is 13.1 Å². The van der Waals surface area contributed by atoms with E-state index in [1.807, 2.05) is 0 Å². The van der Waals surface area contributed by atoms with E-state index in [1.165, 1.54) is 17.1 Å². The molecule has 1 aromatic carbocycles. The molecule has 0 bridgehead atoms. The van der Waals surface area contributed by atoms with E-state index in [0.717, 1.165) is 12.5 Å². The highest BCUT2D eigenvalue weighted by molar-refractivity contribution is 7.90. The quantitative estimate of drug-likeness (QED) is 0.764. The predicted molar refractivity (Wildman–Crippen MR) is 62.1 cm³/mol. The van der Waals surface area contributed by atoms with E-state index in [0.29, 0.717) is 11.3 Å². The molecule has 2 aromatic rings. The SMILES string of the molecule is CS(=O)(=O)c1cnn(-c2cccc(C=O)c2)c1. The lowest BCUT2D eigenvalue weighted by Gasteiger charge is -2.00. The Balaban J connectivity index is 2.47. The summed E-state index contributed by atoms with van der Waals surface area (Å²) in [5.41, 5.74) is 1.16. The number of sulfone groups is 1. The maximum Gasteiger partial charge on any atom is 0.178 e. The smallest absolute Gasteiger partial charge is 0.178 e. The van der Waals surface area contributed by atoms with Crippen LogP contribution in [-0.2, 0) is 9.84 Å². The summed E-state index contributed by atoms with van der Waals surface area (Å²) in [4.78, 5) is 10.8. The summed E-state index contributed by atoms with van der Waals surface area (Å²) >= 11 is 0. The van der Waals surface area contributed by atoms with Crippen LogP contribution in [0.5, 0.6) is 0 Å². The molecule has 0 atom stereocenters. The third-order valence-electron chi connectivity index (χ3n) is 2.26. The van der Waals surface area contributed by atoms with E-state index >= 15 is 0 Å². The lowest BCUT2D eigenvalue weighted by Crippen LogP contribution is -1.96. The maximum atomic E-state index is 11.3. The molecule has 0 radical (unpaired) electrons. The van der Waals surface area contributed by atoms with Crippen LogP contribution in [0.2, 0.25) is 0 Å². The molecule has 88 valence electrons. The van der Waals surface area contributed by atoms with Gasteiger partial charge in [-0.1, -0.05) is 12.1 Å². The number of carbonyl (C=O) groups excluding carboxylic acids is 1. The van der Waals surface area contributed by atoms with Gasteiger partial charge in [0.05, 0.1) is 11.9 Å². The molecule has 0 saturated heterocycles. The van der Waals surface area contributed by atoms with Crippen molar-refractivity contribution in [1.29, 1.82) is 0 Å². The molecule has 0 fully saturated rings. The molecule has 0 amide bonds. The molecule has 1 heterocycles. The van der Waals surface area contributed by atoms with Crippen molar-refractivity contribution in [2.24, 2.45) is 0 Å². The van der Waals surface area contributed by atoms with Crippen molar-refractivity contribution in [2.45, 2.75) is 4.90 Å². The van der Waals surface area contributed by atoms with Crippen molar-refractivity contribution in [3.05, 3.63) is 42.2 Å². The first kappa shape index (κ1) is 11.5. The first-order valence-corrected chi connectivity index (χ1v) is 6.70. The summed E-state index contributed by atoms with van der Waals surface area (Å²) in [6, 6.07) is 6.75. The van der Waals surface area contributed by atoms with Crippen molar-refractivity contribution < 1.29 is 13.2 Å². The highest BCUT2D eigenvalue weighted by Crippen LogP contribution is 2.12. The van der Waals surface area contributed by atoms with Crippen molar-refractivity contribution in [3.8, 4) is 5.69 Å². The second-order valence-corrected chi connectivity index (χ2v) is 5.62. The van der Waals surface area contributed by atoms with Crippen LogP contribution in [0.4, 0.5) is 0 Å². The van der Waals surface area contributed by atoms with Gasteiger partial charge in [0.2, 0.25) is 0 Å². The summed E-state index contributed by atoms with van der Waals surface area (Å²) in [6.45, 7) is 0. The molecule has 0 spiro atoms. The molecular formula is C11H10N2O3S. The third-order valence-corrected chi connectivity index (χ3v) is 3.33. The van der Waals surface area contributed by atoms with Gasteiger partial charge in [0.1, 0.15) is 11.2 Å². The van der Waals surface area contributed by atoms with Crippen LogP contribution < -0.4 is 0 Å². The van der Waals surface area contributed by atoms with Crippen molar-refractivity contribution in [3.63, 3.8) is 0 Å². The van der Waals surface area contributed by atoms with Gasteiger partial charge in [-0.15, -0.1) is 0 Å². The monoisotopic (exact) mass is 250 g/mol. The summed E-state index contributed by atoms with van der Waals surface area (Å²) in [7, 11) is -3.26. The average molecular weight is 250 g/mol. The van der Waals surface area contributed by atoms with Crippen LogP contribution in [0.3, 0.4) is 0 Å². The van der Waals surface area contributed by atoms with Gasteiger partial charge < -0.3 is 0 Å². The summed E-state index contributed by atoms with van der Waals surface area (Å²) in [5, 5.41) is 3.95. The number of nitrogens with zero attached hydrogens (tertiary/aromatic N) is 2. The number of aldehydes is 1. The fourth-order valence-corrected chi connectivity index (χ4v) is 1.91. The first-order valence-electron chi connectivity index (χ1n) is 4.81. The molecule has 0 aliphatic carbocycles. The summed E-state index contributed by atoms with van der Waals surface area (Å²) in [5.74, 6) is 0. The minimum Gasteiger partial charge on any atom is -0.298 e. The van der Waals surface area contributed by atoms with Crippen LogP contribution in [0, 0.1) is 0 Å². The molecule has 5 nitrogen and oxygen atoms in total. The molecule has 0 saturated carbocycles. The van der Waals surface area contributed by atoms with Gasteiger partial charge >= 0.3 is 0 Å². The molecule has 0 aliphatic rings. The van der Waals surface area contributed by atoms with Gasteiger partial charge in [-0.2, -0.15) is 5.10 Å². The lowest BCUT2D eigenvalue weighted by atomic mass is 10.2. The van der Waals surface area contributed by atoms with E-state index in [1.54, 1.807) is 24.3 Å². The standard InChI is InChI=1S/C11H10N2O3S/c1-17(15,16)11-6-12-13(7-11)10-4-2-3-9(5-10)8-14/h2-8H,1H3. The molecule has 0 aliphatic heterocycles. The summed E-state index contributed by atoms with van der Waals surface area (Å²) < 4.78 is 24.0. The highest BCUT2D eigenvalue weighted by atomic mass is 32.2. The fourth-order valence-electron chi connectivity index (χ4n) is 1.38. The molecule has 0 unspecified atom stereocenters. The van der Waals surface area contributed by atoms with Crippen molar-refractivity contribution in [1.82, 2.24) is 9.78 Å². The zero-order valence-electron chi connectivity index (χ0n) is 9.07. The molecule has 17 heavy (non-hydrogen) atoms. The second-order valence-electron chi connectivity index (χ2n) is 3.61. The second kappa shape index (κ2) is 4.14.